The summed E-state index contributed by atoms with van der Waals surface area (Å²) in [5.74, 6) is 0.572. The zero-order valence-electron chi connectivity index (χ0n) is 13.3. The molecule has 7 heteroatoms. The van der Waals surface area contributed by atoms with Crippen LogP contribution in [0.15, 0.2) is 55.1 Å². The van der Waals surface area contributed by atoms with Gasteiger partial charge in [0.1, 0.15) is 23.2 Å². The van der Waals surface area contributed by atoms with E-state index >= 15 is 0 Å². The number of nitrogens with zero attached hydrogens (tertiary/aromatic N) is 5. The highest BCUT2D eigenvalue weighted by Crippen LogP contribution is 2.35. The first-order valence-electron chi connectivity index (χ1n) is 8.15. The first-order chi connectivity index (χ1) is 12.3. The van der Waals surface area contributed by atoms with Gasteiger partial charge in [0.15, 0.2) is 0 Å². The van der Waals surface area contributed by atoms with Crippen molar-refractivity contribution in [2.24, 2.45) is 0 Å². The molecule has 1 aliphatic heterocycles. The second-order valence-corrected chi connectivity index (χ2v) is 6.06. The van der Waals surface area contributed by atoms with E-state index in [1.165, 1.54) is 6.07 Å². The minimum atomic E-state index is -0.288. The number of rotatable bonds is 2. The second kappa shape index (κ2) is 5.41. The van der Waals surface area contributed by atoms with Crippen LogP contribution >= 0.6 is 0 Å². The van der Waals surface area contributed by atoms with E-state index in [-0.39, 0.29) is 11.9 Å². The molecule has 0 saturated heterocycles. The molecule has 1 N–H and O–H groups in total. The van der Waals surface area contributed by atoms with Gasteiger partial charge in [0.05, 0.1) is 17.7 Å². The monoisotopic (exact) mass is 334 g/mol. The van der Waals surface area contributed by atoms with E-state index in [0.717, 1.165) is 35.9 Å². The predicted molar refractivity (Wildman–Crippen MR) is 90.9 cm³/mol. The molecule has 1 atom stereocenters. The lowest BCUT2D eigenvalue weighted by molar-refractivity contribution is 0.609. The summed E-state index contributed by atoms with van der Waals surface area (Å²) in [6.45, 7) is 0.785. The summed E-state index contributed by atoms with van der Waals surface area (Å²) in [7, 11) is 0. The molecular weight excluding hydrogens is 319 g/mol. The minimum absolute atomic E-state index is 0.204. The van der Waals surface area contributed by atoms with Gasteiger partial charge in [0.25, 0.3) is 0 Å². The number of aromatic nitrogens is 5. The van der Waals surface area contributed by atoms with Gasteiger partial charge in [-0.05, 0) is 30.3 Å². The molecule has 0 bridgehead atoms. The van der Waals surface area contributed by atoms with Crippen molar-refractivity contribution in [2.45, 2.75) is 12.5 Å². The van der Waals surface area contributed by atoms with E-state index in [1.54, 1.807) is 35.4 Å². The Morgan fingerprint density at radius 1 is 1.16 bits per heavy atom. The van der Waals surface area contributed by atoms with E-state index in [4.69, 9.17) is 0 Å². The fourth-order valence-corrected chi connectivity index (χ4v) is 3.48. The van der Waals surface area contributed by atoms with Gasteiger partial charge in [-0.15, -0.1) is 0 Å². The molecule has 0 spiro atoms. The van der Waals surface area contributed by atoms with Crippen LogP contribution in [-0.4, -0.2) is 31.1 Å². The molecule has 0 unspecified atom stereocenters. The quantitative estimate of drug-likeness (QED) is 0.612. The van der Waals surface area contributed by atoms with Crippen molar-refractivity contribution in [3.8, 4) is 0 Å². The molecule has 0 aliphatic carbocycles. The van der Waals surface area contributed by atoms with Crippen LogP contribution in [0, 0.1) is 5.82 Å². The van der Waals surface area contributed by atoms with Gasteiger partial charge in [0.2, 0.25) is 0 Å². The van der Waals surface area contributed by atoms with Crippen LogP contribution in [0.2, 0.25) is 0 Å². The van der Waals surface area contributed by atoms with E-state index < -0.39 is 0 Å². The van der Waals surface area contributed by atoms with Crippen molar-refractivity contribution in [2.75, 3.05) is 11.4 Å². The lowest BCUT2D eigenvalue weighted by Crippen LogP contribution is -2.37. The first-order valence-corrected chi connectivity index (χ1v) is 8.15. The SMILES string of the molecule is Fc1cccn2nc([C@@H]3c4nc[nH]c4CCN3c3ccccn3)cc12. The lowest BCUT2D eigenvalue weighted by atomic mass is 9.99. The molecular formula is C18H15FN6. The van der Waals surface area contributed by atoms with Gasteiger partial charge < -0.3 is 9.88 Å². The summed E-state index contributed by atoms with van der Waals surface area (Å²) < 4.78 is 15.7. The fourth-order valence-electron chi connectivity index (χ4n) is 3.48. The summed E-state index contributed by atoms with van der Waals surface area (Å²) in [6, 6.07) is 10.5. The Morgan fingerprint density at radius 3 is 2.96 bits per heavy atom. The fraction of sp³-hybridized carbons (Fsp3) is 0.167. The van der Waals surface area contributed by atoms with Crippen molar-refractivity contribution in [1.82, 2.24) is 24.6 Å². The number of aromatic amines is 1. The van der Waals surface area contributed by atoms with Crippen molar-refractivity contribution < 1.29 is 4.39 Å². The number of pyridine rings is 2. The third-order valence-corrected chi connectivity index (χ3v) is 4.62. The maximum Gasteiger partial charge on any atom is 0.148 e. The summed E-state index contributed by atoms with van der Waals surface area (Å²) in [5.41, 5.74) is 3.22. The summed E-state index contributed by atoms with van der Waals surface area (Å²) in [4.78, 5) is 14.4. The Morgan fingerprint density at radius 2 is 2.12 bits per heavy atom. The third-order valence-electron chi connectivity index (χ3n) is 4.62. The smallest absolute Gasteiger partial charge is 0.148 e. The standard InChI is InChI=1S/C18H15FN6/c19-12-4-3-8-25-15(12)10-14(23-25)18-17-13(21-11-22-17)6-9-24(18)16-5-1-2-7-20-16/h1-5,7-8,10-11,18H,6,9H2,(H,21,22)/t18-/m1/s1. The van der Waals surface area contributed by atoms with Crippen molar-refractivity contribution in [3.63, 3.8) is 0 Å². The highest BCUT2D eigenvalue weighted by molar-refractivity contribution is 5.54. The van der Waals surface area contributed by atoms with Gasteiger partial charge in [-0.1, -0.05) is 6.07 Å². The number of hydrogen-bond acceptors (Lipinski definition) is 4. The largest absolute Gasteiger partial charge is 0.348 e. The van der Waals surface area contributed by atoms with Gasteiger partial charge in [-0.2, -0.15) is 5.10 Å². The van der Waals surface area contributed by atoms with Crippen LogP contribution in [0.3, 0.4) is 0 Å². The van der Waals surface area contributed by atoms with Crippen LogP contribution < -0.4 is 4.90 Å². The normalized spacial score (nSPS) is 17.0. The molecule has 25 heavy (non-hydrogen) atoms. The molecule has 0 aromatic carbocycles. The summed E-state index contributed by atoms with van der Waals surface area (Å²) in [5, 5.41) is 4.60. The molecule has 4 aromatic heterocycles. The molecule has 5 heterocycles. The topological polar surface area (TPSA) is 62.1 Å². The van der Waals surface area contributed by atoms with Crippen LogP contribution in [0.25, 0.3) is 5.52 Å². The van der Waals surface area contributed by atoms with E-state index in [1.807, 2.05) is 18.2 Å². The van der Waals surface area contributed by atoms with Crippen LogP contribution in [0.5, 0.6) is 0 Å². The Kier molecular flexibility index (Phi) is 3.06. The minimum Gasteiger partial charge on any atom is -0.348 e. The number of H-pyrrole nitrogens is 1. The van der Waals surface area contributed by atoms with E-state index in [9.17, 15) is 4.39 Å². The average molecular weight is 334 g/mol. The molecule has 1 aliphatic rings. The summed E-state index contributed by atoms with van der Waals surface area (Å²) >= 11 is 0. The molecule has 124 valence electrons. The molecule has 0 radical (unpaired) electrons. The maximum absolute atomic E-state index is 14.1. The van der Waals surface area contributed by atoms with E-state index in [2.05, 4.69) is 25.0 Å². The molecule has 0 saturated carbocycles. The third kappa shape index (κ3) is 2.20. The number of fused-ring (bicyclic) bond motifs is 2. The summed E-state index contributed by atoms with van der Waals surface area (Å²) in [6.07, 6.45) is 6.08. The zero-order chi connectivity index (χ0) is 16.8. The van der Waals surface area contributed by atoms with Crippen LogP contribution in [0.1, 0.15) is 23.1 Å². The van der Waals surface area contributed by atoms with Crippen molar-refractivity contribution in [3.05, 3.63) is 78.0 Å². The molecule has 6 nitrogen and oxygen atoms in total. The Hall–Kier alpha value is -3.22. The van der Waals surface area contributed by atoms with Gasteiger partial charge in [-0.3, -0.25) is 0 Å². The lowest BCUT2D eigenvalue weighted by Gasteiger charge is -2.34. The number of anilines is 1. The number of hydrogen-bond donors (Lipinski definition) is 1. The molecule has 0 amide bonds. The number of nitrogens with one attached hydrogen (secondary N) is 1. The van der Waals surface area contributed by atoms with Crippen molar-refractivity contribution in [1.29, 1.82) is 0 Å². The highest BCUT2D eigenvalue weighted by Gasteiger charge is 2.33. The van der Waals surface area contributed by atoms with Crippen LogP contribution in [0.4, 0.5) is 10.2 Å². The predicted octanol–water partition coefficient (Wildman–Crippen LogP) is 2.74. The number of imidazole rings is 1. The Balaban J connectivity index is 1.70. The number of halogens is 1. The zero-order valence-corrected chi connectivity index (χ0v) is 13.3. The van der Waals surface area contributed by atoms with Gasteiger partial charge in [0, 0.05) is 31.1 Å². The van der Waals surface area contributed by atoms with Gasteiger partial charge >= 0.3 is 0 Å². The Bertz CT molecular complexity index is 1040. The van der Waals surface area contributed by atoms with Crippen LogP contribution in [-0.2, 0) is 6.42 Å². The first kappa shape index (κ1) is 14.2. The van der Waals surface area contributed by atoms with Crippen molar-refractivity contribution >= 4 is 11.3 Å². The second-order valence-electron chi connectivity index (χ2n) is 6.06. The molecule has 4 aromatic rings. The van der Waals surface area contributed by atoms with Gasteiger partial charge in [-0.25, -0.2) is 18.9 Å². The maximum atomic E-state index is 14.1. The highest BCUT2D eigenvalue weighted by atomic mass is 19.1. The molecule has 5 rings (SSSR count). The molecule has 0 fully saturated rings. The Labute approximate surface area is 143 Å². The van der Waals surface area contributed by atoms with E-state index in [0.29, 0.717) is 5.52 Å². The average Bonchev–Trinajstić information content (AvgIpc) is 3.29.